The van der Waals surface area contributed by atoms with E-state index in [4.69, 9.17) is 19.9 Å². The predicted octanol–water partition coefficient (Wildman–Crippen LogP) is 33.4. The van der Waals surface area contributed by atoms with Crippen molar-refractivity contribution in [3.05, 3.63) is 476 Å². The normalized spacial score (nSPS) is 13.1. The molecule has 29 rings (SSSR count). The summed E-state index contributed by atoms with van der Waals surface area (Å²) in [5.74, 6) is 1.61. The lowest BCUT2D eigenvalue weighted by Crippen LogP contribution is -2.23. The lowest BCUT2D eigenvalue weighted by Gasteiger charge is -2.35. The summed E-state index contributed by atoms with van der Waals surface area (Å²) in [6.45, 7) is 9.43. The van der Waals surface area contributed by atoms with Crippen LogP contribution in [0.1, 0.15) is 61.1 Å². The van der Waals surface area contributed by atoms with E-state index in [1.165, 1.54) is 193 Å². The SMILES string of the molecule is CC1(C)c2ccccc2-c2c3c1cccc3cc1c3ccccc3n(-c3cc(-c4ccc(-c5ccccc5)cc4)c4ccccc4n3)c21.CC1(C)c2ccccc2-c2c3c1cccc3cc1c3ccccc3n(-c3nc(-c4ccc(-c5ccccc5)cc4)c4ccccc4n3)c21.c1ccc2c(c1)Cc1cccc3cc4c5ccccc5n(-c5ccc(-c6cccc7cccnc67)cc5)c4c-2c13. The summed E-state index contributed by atoms with van der Waals surface area (Å²) in [7, 11) is 0. The summed E-state index contributed by atoms with van der Waals surface area (Å²) in [6, 6.07) is 158. The Morgan fingerprint density at radius 1 is 0.243 bits per heavy atom. The van der Waals surface area contributed by atoms with E-state index in [0.29, 0.717) is 5.95 Å². The van der Waals surface area contributed by atoms with Gasteiger partial charge in [-0.3, -0.25) is 14.1 Å². The summed E-state index contributed by atoms with van der Waals surface area (Å²) in [4.78, 5) is 20.9. The van der Waals surface area contributed by atoms with E-state index >= 15 is 0 Å². The zero-order valence-electron chi connectivity index (χ0n) is 75.5. The van der Waals surface area contributed by atoms with Crippen molar-refractivity contribution >= 4 is 130 Å². The van der Waals surface area contributed by atoms with Crippen molar-refractivity contribution < 1.29 is 0 Å². The van der Waals surface area contributed by atoms with Crippen LogP contribution in [0.3, 0.4) is 0 Å². The van der Waals surface area contributed by atoms with Gasteiger partial charge in [0, 0.05) is 99.0 Å². The van der Waals surface area contributed by atoms with E-state index in [2.05, 4.69) is 472 Å². The van der Waals surface area contributed by atoms with Crippen molar-refractivity contribution in [1.82, 2.24) is 33.6 Å². The van der Waals surface area contributed by atoms with Gasteiger partial charge in [-0.2, -0.15) is 0 Å². The second-order valence-electron chi connectivity index (χ2n) is 37.7. The predicted molar refractivity (Wildman–Crippen MR) is 569 cm³/mol. The van der Waals surface area contributed by atoms with Crippen LogP contribution in [-0.4, -0.2) is 33.6 Å². The number of benzene rings is 20. The first-order chi connectivity index (χ1) is 67.0. The molecule has 0 saturated carbocycles. The van der Waals surface area contributed by atoms with Gasteiger partial charge in [-0.25, -0.2) is 15.0 Å². The molecule has 0 atom stereocenters. The molecule has 6 aromatic heterocycles. The molecule has 0 aliphatic heterocycles. The van der Waals surface area contributed by atoms with Crippen molar-refractivity contribution in [3.8, 4) is 107 Å². The zero-order valence-corrected chi connectivity index (χ0v) is 75.5. The second kappa shape index (κ2) is 30.7. The summed E-state index contributed by atoms with van der Waals surface area (Å²) >= 11 is 0. The van der Waals surface area contributed by atoms with Crippen LogP contribution in [0.5, 0.6) is 0 Å². The van der Waals surface area contributed by atoms with E-state index < -0.39 is 0 Å². The van der Waals surface area contributed by atoms with Gasteiger partial charge in [-0.1, -0.05) is 392 Å². The quantitative estimate of drug-likeness (QED) is 0.152. The Bertz CT molecular complexity index is 9100. The first-order valence-electron chi connectivity index (χ1n) is 47.2. The minimum Gasteiger partial charge on any atom is -0.309 e. The van der Waals surface area contributed by atoms with Crippen LogP contribution in [0.2, 0.25) is 0 Å². The fourth-order valence-corrected chi connectivity index (χ4v) is 23.3. The summed E-state index contributed by atoms with van der Waals surface area (Å²) < 4.78 is 7.22. The fraction of sp³-hybridized carbons (Fsp3) is 0.0543. The number of hydrogen-bond acceptors (Lipinski definition) is 4. The van der Waals surface area contributed by atoms with Gasteiger partial charge in [0.15, 0.2) is 0 Å². The van der Waals surface area contributed by atoms with Gasteiger partial charge in [0.2, 0.25) is 5.95 Å². The molecule has 3 aliphatic rings. The van der Waals surface area contributed by atoms with E-state index in [1.807, 2.05) is 12.3 Å². The Morgan fingerprint density at radius 3 is 1.24 bits per heavy atom. The largest absolute Gasteiger partial charge is 0.309 e. The lowest BCUT2D eigenvalue weighted by molar-refractivity contribution is 0.645. The van der Waals surface area contributed by atoms with Crippen LogP contribution < -0.4 is 0 Å². The Balaban J connectivity index is 0.000000104. The molecule has 26 aromatic rings. The van der Waals surface area contributed by atoms with Crippen molar-refractivity contribution in [3.63, 3.8) is 0 Å². The molecular weight excluding hydrogens is 1650 g/mol. The van der Waals surface area contributed by atoms with Crippen LogP contribution in [0, 0.1) is 0 Å². The molecule has 0 fully saturated rings. The number of para-hydroxylation sites is 6. The third-order valence-electron chi connectivity index (χ3n) is 29.6. The van der Waals surface area contributed by atoms with Crippen LogP contribution in [0.25, 0.3) is 237 Å². The highest BCUT2D eigenvalue weighted by Gasteiger charge is 2.39. The highest BCUT2D eigenvalue weighted by molar-refractivity contribution is 6.26. The maximum atomic E-state index is 5.45. The molecule has 0 radical (unpaired) electrons. The maximum absolute atomic E-state index is 5.45. The molecule has 0 bridgehead atoms. The fourth-order valence-electron chi connectivity index (χ4n) is 23.3. The van der Waals surface area contributed by atoms with Gasteiger partial charge in [0.25, 0.3) is 0 Å². The average molecular weight is 1740 g/mol. The van der Waals surface area contributed by atoms with Crippen molar-refractivity contribution in [1.29, 1.82) is 0 Å². The summed E-state index contributed by atoms with van der Waals surface area (Å²) in [6.07, 6.45) is 2.85. The Morgan fingerprint density at radius 2 is 0.640 bits per heavy atom. The smallest absolute Gasteiger partial charge is 0.235 e. The van der Waals surface area contributed by atoms with Crippen molar-refractivity contribution in [2.75, 3.05) is 0 Å². The molecule has 0 unspecified atom stereocenters. The summed E-state index contributed by atoms with van der Waals surface area (Å²) in [5, 5.41) is 18.7. The van der Waals surface area contributed by atoms with Gasteiger partial charge in [0.1, 0.15) is 5.82 Å². The van der Waals surface area contributed by atoms with Gasteiger partial charge < -0.3 is 4.57 Å². The van der Waals surface area contributed by atoms with E-state index in [-0.39, 0.29) is 10.8 Å². The molecular formula is C129H87N7. The topological polar surface area (TPSA) is 66.3 Å². The lowest BCUT2D eigenvalue weighted by atomic mass is 9.68. The Labute approximate surface area is 786 Å². The average Bonchev–Trinajstić information content (AvgIpc) is 1.44. The second-order valence-corrected chi connectivity index (χ2v) is 37.7. The molecule has 6 heterocycles. The van der Waals surface area contributed by atoms with Crippen LogP contribution in [0.4, 0.5) is 0 Å². The van der Waals surface area contributed by atoms with Gasteiger partial charge in [-0.05, 0) is 201 Å². The Kier molecular flexibility index (Phi) is 17.7. The maximum Gasteiger partial charge on any atom is 0.235 e. The highest BCUT2D eigenvalue weighted by atomic mass is 15.2. The highest BCUT2D eigenvalue weighted by Crippen LogP contribution is 2.57. The number of rotatable bonds is 8. The van der Waals surface area contributed by atoms with E-state index in [9.17, 15) is 0 Å². The molecule has 638 valence electrons. The number of nitrogens with zero attached hydrogens (tertiary/aromatic N) is 7. The van der Waals surface area contributed by atoms with Crippen LogP contribution in [-0.2, 0) is 17.3 Å². The number of aromatic nitrogens is 7. The third kappa shape index (κ3) is 12.1. The first-order valence-corrected chi connectivity index (χ1v) is 47.2. The van der Waals surface area contributed by atoms with Gasteiger partial charge in [-0.15, -0.1) is 0 Å². The van der Waals surface area contributed by atoms with E-state index in [1.54, 1.807) is 0 Å². The van der Waals surface area contributed by atoms with E-state index in [0.717, 1.165) is 78.3 Å². The molecule has 7 heteroatoms. The van der Waals surface area contributed by atoms with Crippen molar-refractivity contribution in [2.24, 2.45) is 0 Å². The number of pyridine rings is 2. The first kappa shape index (κ1) is 78.6. The molecule has 0 amide bonds. The molecule has 20 aromatic carbocycles. The van der Waals surface area contributed by atoms with Crippen LogP contribution in [0.15, 0.2) is 443 Å². The van der Waals surface area contributed by atoms with Gasteiger partial charge >= 0.3 is 0 Å². The summed E-state index contributed by atoms with van der Waals surface area (Å²) in [5.41, 5.74) is 38.6. The van der Waals surface area contributed by atoms with Gasteiger partial charge in [0.05, 0.1) is 55.3 Å². The molecule has 0 saturated heterocycles. The molecule has 136 heavy (non-hydrogen) atoms. The minimum atomic E-state index is -0.133. The number of hydrogen-bond donors (Lipinski definition) is 0. The van der Waals surface area contributed by atoms with Crippen molar-refractivity contribution in [2.45, 2.75) is 44.9 Å². The standard InChI is InChI=1S/C46H32N2.C45H31N3.C38H24N2/c1-46(2)38-19-9-6-18-35(38)44-43-32(15-12-20-39(43)46)27-37-34-17-8-11-22-41(34)48(45(37)44)42-28-36(33-16-7-10-21-40(33)47-42)31-25-23-30(24-26-31)29-13-4-3-5-14-29;1-45(2)36-19-9-6-17-33(36)41-40-31(15-12-20-37(40)45)27-35-32-16-8-11-22-39(32)48(43(35)41)44-46-38-21-10-7-18-34(38)42(47-44)30-25-23-29(24-26-30)28-13-4-3-5-14-28;1-2-13-30-26(8-1)22-27-10-5-11-28-23-33-32-14-3-4-16-34(32)40(38(33)36(30)35(27)28)29-19-17-24(18-20-29)31-15-6-9-25-12-7-21-39-37(25)31/h3-28H,1-2H3;3-27H,1-2H3;1-21,23H,22H2. The molecule has 3 aliphatic carbocycles. The molecule has 7 nitrogen and oxygen atoms in total. The molecule has 0 N–H and O–H groups in total. The van der Waals surface area contributed by atoms with Crippen LogP contribution >= 0.6 is 0 Å². The molecule has 0 spiro atoms. The Hall–Kier alpha value is -17.3. The minimum absolute atomic E-state index is 0.117. The zero-order chi connectivity index (χ0) is 90.2. The monoisotopic (exact) mass is 1730 g/mol. The number of fused-ring (bicyclic) bond motifs is 21. The third-order valence-corrected chi connectivity index (χ3v) is 29.6.